The van der Waals surface area contributed by atoms with Gasteiger partial charge in [0, 0.05) is 13.0 Å². The fourth-order valence-corrected chi connectivity index (χ4v) is 1.97. The van der Waals surface area contributed by atoms with Crippen molar-refractivity contribution in [3.8, 4) is 0 Å². The van der Waals surface area contributed by atoms with Crippen molar-refractivity contribution < 1.29 is 4.79 Å². The van der Waals surface area contributed by atoms with E-state index in [0.29, 0.717) is 18.3 Å². The zero-order chi connectivity index (χ0) is 11.3. The summed E-state index contributed by atoms with van der Waals surface area (Å²) in [5.41, 5.74) is 0. The van der Waals surface area contributed by atoms with Crippen LogP contribution in [0.15, 0.2) is 0 Å². The second-order valence-electron chi connectivity index (χ2n) is 5.15. The normalized spacial score (nSPS) is 19.5. The molecule has 0 atom stereocenters. The summed E-state index contributed by atoms with van der Waals surface area (Å²) in [6.45, 7) is 7.37. The fraction of sp³-hybridized carbons (Fsp3) is 0.917. The maximum absolute atomic E-state index is 11.4. The molecule has 88 valence electrons. The molecule has 0 bridgehead atoms. The Morgan fingerprint density at radius 1 is 1.40 bits per heavy atom. The van der Waals surface area contributed by atoms with Gasteiger partial charge in [-0.25, -0.2) is 0 Å². The first kappa shape index (κ1) is 12.5. The van der Waals surface area contributed by atoms with Gasteiger partial charge >= 0.3 is 0 Å². The first-order valence-electron chi connectivity index (χ1n) is 6.03. The van der Waals surface area contributed by atoms with Crippen molar-refractivity contribution >= 4 is 5.91 Å². The number of piperidine rings is 1. The molecule has 1 N–H and O–H groups in total. The van der Waals surface area contributed by atoms with Crippen molar-refractivity contribution in [2.24, 2.45) is 11.8 Å². The number of likely N-dealkylation sites (tertiary alicyclic amines) is 1. The molecule has 1 amide bonds. The first-order chi connectivity index (χ1) is 7.08. The van der Waals surface area contributed by atoms with Crippen LogP contribution in [0, 0.1) is 11.8 Å². The molecule has 0 aromatic carbocycles. The number of carbonyl (C=O) groups excluding carboxylic acids is 1. The quantitative estimate of drug-likeness (QED) is 0.766. The van der Waals surface area contributed by atoms with Gasteiger partial charge in [0.15, 0.2) is 0 Å². The maximum Gasteiger partial charge on any atom is 0.220 e. The van der Waals surface area contributed by atoms with Gasteiger partial charge in [-0.1, -0.05) is 13.8 Å². The zero-order valence-corrected chi connectivity index (χ0v) is 10.3. The highest BCUT2D eigenvalue weighted by Crippen LogP contribution is 2.14. The Kier molecular flexibility index (Phi) is 5.09. The summed E-state index contributed by atoms with van der Waals surface area (Å²) in [4.78, 5) is 13.8. The van der Waals surface area contributed by atoms with Crippen molar-refractivity contribution in [3.05, 3.63) is 0 Å². The highest BCUT2D eigenvalue weighted by atomic mass is 16.1. The molecule has 0 saturated carbocycles. The molecular weight excluding hydrogens is 188 g/mol. The van der Waals surface area contributed by atoms with Gasteiger partial charge in [-0.15, -0.1) is 0 Å². The van der Waals surface area contributed by atoms with E-state index in [4.69, 9.17) is 0 Å². The Bertz CT molecular complexity index is 196. The summed E-state index contributed by atoms with van der Waals surface area (Å²) < 4.78 is 0. The maximum atomic E-state index is 11.4. The standard InChI is InChI=1S/C12H24N2O/c1-10(2)8-12(15)13-9-11-4-6-14(3)7-5-11/h10-11H,4-9H2,1-3H3,(H,13,15). The molecule has 3 heteroatoms. The molecule has 0 aromatic heterocycles. The van der Waals surface area contributed by atoms with Crippen LogP contribution in [0.3, 0.4) is 0 Å². The van der Waals surface area contributed by atoms with Crippen LogP contribution in [0.4, 0.5) is 0 Å². The van der Waals surface area contributed by atoms with E-state index in [1.54, 1.807) is 0 Å². The van der Waals surface area contributed by atoms with Gasteiger partial charge in [-0.2, -0.15) is 0 Å². The van der Waals surface area contributed by atoms with Crippen LogP contribution in [0.2, 0.25) is 0 Å². The van der Waals surface area contributed by atoms with E-state index >= 15 is 0 Å². The van der Waals surface area contributed by atoms with E-state index in [1.165, 1.54) is 25.9 Å². The first-order valence-corrected chi connectivity index (χ1v) is 6.03. The highest BCUT2D eigenvalue weighted by molar-refractivity contribution is 5.76. The van der Waals surface area contributed by atoms with Crippen LogP contribution in [0.5, 0.6) is 0 Å². The van der Waals surface area contributed by atoms with Gasteiger partial charge in [-0.05, 0) is 44.8 Å². The Morgan fingerprint density at radius 3 is 2.53 bits per heavy atom. The summed E-state index contributed by atoms with van der Waals surface area (Å²) in [5.74, 6) is 1.36. The van der Waals surface area contributed by atoms with Crippen molar-refractivity contribution in [3.63, 3.8) is 0 Å². The molecule has 0 aliphatic carbocycles. The number of amides is 1. The van der Waals surface area contributed by atoms with Gasteiger partial charge in [0.05, 0.1) is 0 Å². The lowest BCUT2D eigenvalue weighted by Crippen LogP contribution is -2.37. The number of hydrogen-bond donors (Lipinski definition) is 1. The van der Waals surface area contributed by atoms with Gasteiger partial charge in [0.1, 0.15) is 0 Å². The molecule has 0 spiro atoms. The van der Waals surface area contributed by atoms with E-state index in [0.717, 1.165) is 6.54 Å². The third-order valence-electron chi connectivity index (χ3n) is 3.02. The Labute approximate surface area is 93.2 Å². The Hall–Kier alpha value is -0.570. The van der Waals surface area contributed by atoms with Crippen molar-refractivity contribution in [2.45, 2.75) is 33.1 Å². The third kappa shape index (κ3) is 5.17. The second-order valence-corrected chi connectivity index (χ2v) is 5.15. The molecular formula is C12H24N2O. The Morgan fingerprint density at radius 2 is 2.00 bits per heavy atom. The molecule has 0 aromatic rings. The van der Waals surface area contributed by atoms with E-state index in [9.17, 15) is 4.79 Å². The third-order valence-corrected chi connectivity index (χ3v) is 3.02. The highest BCUT2D eigenvalue weighted by Gasteiger charge is 2.17. The molecule has 1 saturated heterocycles. The van der Waals surface area contributed by atoms with Crippen LogP contribution >= 0.6 is 0 Å². The molecule has 1 heterocycles. The van der Waals surface area contributed by atoms with Crippen LogP contribution in [0.1, 0.15) is 33.1 Å². The Balaban J connectivity index is 2.12. The van der Waals surface area contributed by atoms with Gasteiger partial charge in [-0.3, -0.25) is 4.79 Å². The number of carbonyl (C=O) groups is 1. The minimum Gasteiger partial charge on any atom is -0.356 e. The molecule has 0 unspecified atom stereocenters. The smallest absolute Gasteiger partial charge is 0.220 e. The minimum atomic E-state index is 0.212. The second kappa shape index (κ2) is 6.11. The number of hydrogen-bond acceptors (Lipinski definition) is 2. The van der Waals surface area contributed by atoms with Crippen LogP contribution < -0.4 is 5.32 Å². The minimum absolute atomic E-state index is 0.212. The van der Waals surface area contributed by atoms with Crippen molar-refractivity contribution in [2.75, 3.05) is 26.7 Å². The summed E-state index contributed by atoms with van der Waals surface area (Å²) in [6.07, 6.45) is 3.10. The fourth-order valence-electron chi connectivity index (χ4n) is 1.97. The van der Waals surface area contributed by atoms with Crippen molar-refractivity contribution in [1.29, 1.82) is 0 Å². The lowest BCUT2D eigenvalue weighted by atomic mass is 9.97. The predicted octanol–water partition coefficient (Wildman–Crippen LogP) is 1.49. The summed E-state index contributed by atoms with van der Waals surface area (Å²) in [6, 6.07) is 0. The SMILES string of the molecule is CC(C)CC(=O)NCC1CCN(C)CC1. The molecule has 1 aliphatic rings. The predicted molar refractivity (Wildman–Crippen MR) is 62.7 cm³/mol. The van der Waals surface area contributed by atoms with Gasteiger partial charge in [0.25, 0.3) is 0 Å². The molecule has 1 rings (SSSR count). The van der Waals surface area contributed by atoms with E-state index in [2.05, 4.69) is 31.1 Å². The van der Waals surface area contributed by atoms with Gasteiger partial charge in [0.2, 0.25) is 5.91 Å². The van der Waals surface area contributed by atoms with Crippen molar-refractivity contribution in [1.82, 2.24) is 10.2 Å². The summed E-state index contributed by atoms with van der Waals surface area (Å²) in [7, 11) is 2.16. The molecule has 0 radical (unpaired) electrons. The molecule has 3 nitrogen and oxygen atoms in total. The van der Waals surface area contributed by atoms with E-state index in [1.807, 2.05) is 0 Å². The molecule has 1 aliphatic heterocycles. The number of nitrogens with one attached hydrogen (secondary N) is 1. The van der Waals surface area contributed by atoms with E-state index in [-0.39, 0.29) is 5.91 Å². The molecule has 1 fully saturated rings. The lowest BCUT2D eigenvalue weighted by Gasteiger charge is -2.29. The van der Waals surface area contributed by atoms with E-state index < -0.39 is 0 Å². The van der Waals surface area contributed by atoms with Crippen LogP contribution in [-0.4, -0.2) is 37.5 Å². The van der Waals surface area contributed by atoms with Gasteiger partial charge < -0.3 is 10.2 Å². The monoisotopic (exact) mass is 212 g/mol. The molecule has 15 heavy (non-hydrogen) atoms. The average molecular weight is 212 g/mol. The lowest BCUT2D eigenvalue weighted by molar-refractivity contribution is -0.122. The summed E-state index contributed by atoms with van der Waals surface area (Å²) >= 11 is 0. The number of nitrogens with zero attached hydrogens (tertiary/aromatic N) is 1. The topological polar surface area (TPSA) is 32.3 Å². The average Bonchev–Trinajstić information content (AvgIpc) is 2.16. The largest absolute Gasteiger partial charge is 0.356 e. The van der Waals surface area contributed by atoms with Crippen LogP contribution in [-0.2, 0) is 4.79 Å². The van der Waals surface area contributed by atoms with Crippen LogP contribution in [0.25, 0.3) is 0 Å². The number of rotatable bonds is 4. The zero-order valence-electron chi connectivity index (χ0n) is 10.3. The summed E-state index contributed by atoms with van der Waals surface area (Å²) in [5, 5.41) is 3.04.